The molecule has 0 bridgehead atoms. The summed E-state index contributed by atoms with van der Waals surface area (Å²) in [6, 6.07) is 15.2. The highest BCUT2D eigenvalue weighted by molar-refractivity contribution is 5.38. The summed E-state index contributed by atoms with van der Waals surface area (Å²) in [7, 11) is 0. The van der Waals surface area contributed by atoms with Crippen molar-refractivity contribution in [3.05, 3.63) is 65.2 Å². The van der Waals surface area contributed by atoms with Gasteiger partial charge in [-0.05, 0) is 23.3 Å². The molecule has 5 heteroatoms. The van der Waals surface area contributed by atoms with E-state index < -0.39 is 12.0 Å². The fourth-order valence-corrected chi connectivity index (χ4v) is 2.97. The van der Waals surface area contributed by atoms with E-state index in [1.54, 1.807) is 0 Å². The first-order valence-corrected chi connectivity index (χ1v) is 8.51. The highest BCUT2D eigenvalue weighted by Gasteiger charge is 2.27. The summed E-state index contributed by atoms with van der Waals surface area (Å²) in [6.07, 6.45) is -0.336. The van der Waals surface area contributed by atoms with Gasteiger partial charge in [0.05, 0.1) is 19.3 Å². The van der Waals surface area contributed by atoms with Crippen LogP contribution in [0.5, 0.6) is 5.75 Å². The Balaban J connectivity index is 1.64. The molecule has 3 N–H and O–H groups in total. The van der Waals surface area contributed by atoms with Crippen LogP contribution in [0.3, 0.4) is 0 Å². The topological polar surface area (TPSA) is 71.0 Å². The van der Waals surface area contributed by atoms with Crippen LogP contribution in [-0.4, -0.2) is 28.8 Å². The monoisotopic (exact) mass is 343 g/mol. The lowest BCUT2D eigenvalue weighted by Crippen LogP contribution is -2.36. The lowest BCUT2D eigenvalue weighted by Gasteiger charge is -2.32. The average molecular weight is 343 g/mol. The molecule has 2 atom stereocenters. The van der Waals surface area contributed by atoms with Crippen molar-refractivity contribution >= 4 is 0 Å². The smallest absolute Gasteiger partial charge is 0.205 e. The number of fused-ring (bicyclic) bond motifs is 1. The van der Waals surface area contributed by atoms with Crippen molar-refractivity contribution in [3.63, 3.8) is 0 Å². The molecule has 5 nitrogen and oxygen atoms in total. The number of nitrogens with one attached hydrogen (secondary N) is 1. The fourth-order valence-electron chi connectivity index (χ4n) is 2.97. The molecular formula is C20H25NO4. The van der Waals surface area contributed by atoms with Crippen molar-refractivity contribution in [2.75, 3.05) is 6.61 Å². The van der Waals surface area contributed by atoms with E-state index in [9.17, 15) is 10.2 Å². The zero-order chi connectivity index (χ0) is 17.9. The van der Waals surface area contributed by atoms with Crippen LogP contribution in [0.1, 0.15) is 36.6 Å². The first-order chi connectivity index (χ1) is 12.0. The van der Waals surface area contributed by atoms with Crippen LogP contribution in [0, 0.1) is 0 Å². The Labute approximate surface area is 148 Å². The zero-order valence-corrected chi connectivity index (χ0v) is 14.6. The number of benzene rings is 2. The molecule has 1 unspecified atom stereocenters. The Morgan fingerprint density at radius 1 is 1.16 bits per heavy atom. The summed E-state index contributed by atoms with van der Waals surface area (Å²) in [5.74, 6) is 0.208. The first-order valence-electron chi connectivity index (χ1n) is 8.51. The third-order valence-corrected chi connectivity index (χ3v) is 4.26. The van der Waals surface area contributed by atoms with Crippen LogP contribution in [0.25, 0.3) is 0 Å². The molecule has 0 amide bonds. The van der Waals surface area contributed by atoms with Crippen molar-refractivity contribution < 1.29 is 19.7 Å². The zero-order valence-electron chi connectivity index (χ0n) is 14.6. The molecule has 2 aromatic rings. The summed E-state index contributed by atoms with van der Waals surface area (Å²) in [5.41, 5.74) is 2.90. The van der Waals surface area contributed by atoms with E-state index in [-0.39, 0.29) is 12.6 Å². The predicted molar refractivity (Wildman–Crippen MR) is 95.1 cm³/mol. The molecule has 0 saturated carbocycles. The van der Waals surface area contributed by atoms with Crippen LogP contribution in [-0.2, 0) is 17.8 Å². The maximum atomic E-state index is 10.4. The molecule has 0 saturated heterocycles. The second kappa shape index (κ2) is 7.54. The minimum absolute atomic E-state index is 0.0813. The van der Waals surface area contributed by atoms with E-state index in [2.05, 4.69) is 5.32 Å². The molecule has 0 fully saturated rings. The first kappa shape index (κ1) is 17.9. The summed E-state index contributed by atoms with van der Waals surface area (Å²) in [5, 5.41) is 23.0. The summed E-state index contributed by atoms with van der Waals surface area (Å²) in [6.45, 7) is 4.18. The molecule has 0 aromatic heterocycles. The molecule has 1 heterocycles. The van der Waals surface area contributed by atoms with Crippen LogP contribution in [0.2, 0.25) is 0 Å². The van der Waals surface area contributed by atoms with Gasteiger partial charge in [0.25, 0.3) is 0 Å². The Bertz CT molecular complexity index is 702. The maximum absolute atomic E-state index is 10.4. The SMILES string of the molecule is CC1(C)OCc2cc(CC(O)N[C@H](CO)c3ccccc3)ccc2O1. The van der Waals surface area contributed by atoms with Gasteiger partial charge in [-0.15, -0.1) is 0 Å². The number of aliphatic hydroxyl groups excluding tert-OH is 2. The minimum atomic E-state index is -0.766. The number of hydrogen-bond acceptors (Lipinski definition) is 5. The standard InChI is InChI=1S/C20H25NO4/c1-20(2)24-13-16-10-14(8-9-18(16)25-20)11-19(23)21-17(12-22)15-6-4-3-5-7-15/h3-10,17,19,21-23H,11-13H2,1-2H3/t17-,19?/m1/s1. The largest absolute Gasteiger partial charge is 0.463 e. The predicted octanol–water partition coefficient (Wildman–Crippen LogP) is 2.52. The van der Waals surface area contributed by atoms with E-state index in [4.69, 9.17) is 9.47 Å². The lowest BCUT2D eigenvalue weighted by atomic mass is 10.0. The van der Waals surface area contributed by atoms with Crippen molar-refractivity contribution in [3.8, 4) is 5.75 Å². The van der Waals surface area contributed by atoms with Gasteiger partial charge in [-0.2, -0.15) is 0 Å². The van der Waals surface area contributed by atoms with E-state index in [0.29, 0.717) is 13.0 Å². The Hall–Kier alpha value is -1.92. The normalized spacial score (nSPS) is 18.1. The van der Waals surface area contributed by atoms with Gasteiger partial charge in [0.15, 0.2) is 0 Å². The highest BCUT2D eigenvalue weighted by Crippen LogP contribution is 2.31. The summed E-state index contributed by atoms with van der Waals surface area (Å²) >= 11 is 0. The van der Waals surface area contributed by atoms with E-state index in [1.165, 1.54) is 0 Å². The number of rotatable bonds is 6. The minimum Gasteiger partial charge on any atom is -0.463 e. The lowest BCUT2D eigenvalue weighted by molar-refractivity contribution is -0.180. The van der Waals surface area contributed by atoms with Crippen LogP contribution in [0.15, 0.2) is 48.5 Å². The molecule has 2 aromatic carbocycles. The molecule has 0 radical (unpaired) electrons. The fraction of sp³-hybridized carbons (Fsp3) is 0.400. The van der Waals surface area contributed by atoms with Crippen LogP contribution >= 0.6 is 0 Å². The molecule has 3 rings (SSSR count). The van der Waals surface area contributed by atoms with Crippen molar-refractivity contribution in [2.45, 2.75) is 44.9 Å². The average Bonchev–Trinajstić information content (AvgIpc) is 2.60. The van der Waals surface area contributed by atoms with Crippen molar-refractivity contribution in [1.82, 2.24) is 5.32 Å². The molecule has 0 spiro atoms. The van der Waals surface area contributed by atoms with E-state index in [1.807, 2.05) is 62.4 Å². The highest BCUT2D eigenvalue weighted by atomic mass is 16.7. The van der Waals surface area contributed by atoms with Crippen molar-refractivity contribution in [2.24, 2.45) is 0 Å². The number of aliphatic hydroxyl groups is 2. The van der Waals surface area contributed by atoms with Crippen LogP contribution < -0.4 is 10.1 Å². The number of hydrogen-bond donors (Lipinski definition) is 3. The van der Waals surface area contributed by atoms with Gasteiger partial charge >= 0.3 is 0 Å². The third kappa shape index (κ3) is 4.58. The summed E-state index contributed by atoms with van der Waals surface area (Å²) < 4.78 is 11.4. The second-order valence-corrected chi connectivity index (χ2v) is 6.77. The number of ether oxygens (including phenoxy) is 2. The Morgan fingerprint density at radius 3 is 2.64 bits per heavy atom. The second-order valence-electron chi connectivity index (χ2n) is 6.77. The van der Waals surface area contributed by atoms with E-state index >= 15 is 0 Å². The Morgan fingerprint density at radius 2 is 1.92 bits per heavy atom. The van der Waals surface area contributed by atoms with Gasteiger partial charge in [-0.1, -0.05) is 36.4 Å². The van der Waals surface area contributed by atoms with Gasteiger partial charge in [0.2, 0.25) is 5.79 Å². The van der Waals surface area contributed by atoms with Crippen LogP contribution in [0.4, 0.5) is 0 Å². The Kier molecular flexibility index (Phi) is 5.39. The molecule has 1 aliphatic heterocycles. The quantitative estimate of drug-likeness (QED) is 0.703. The van der Waals surface area contributed by atoms with E-state index in [0.717, 1.165) is 22.4 Å². The molecule has 1 aliphatic rings. The van der Waals surface area contributed by atoms with Gasteiger partial charge in [-0.3, -0.25) is 5.32 Å². The van der Waals surface area contributed by atoms with Gasteiger partial charge in [0.1, 0.15) is 12.0 Å². The van der Waals surface area contributed by atoms with Crippen molar-refractivity contribution in [1.29, 1.82) is 0 Å². The molecule has 0 aliphatic carbocycles. The maximum Gasteiger partial charge on any atom is 0.205 e. The van der Waals surface area contributed by atoms with Gasteiger partial charge < -0.3 is 19.7 Å². The molecule has 134 valence electrons. The molecular weight excluding hydrogens is 318 g/mol. The van der Waals surface area contributed by atoms with Gasteiger partial charge in [0, 0.05) is 25.8 Å². The summed E-state index contributed by atoms with van der Waals surface area (Å²) in [4.78, 5) is 0. The third-order valence-electron chi connectivity index (χ3n) is 4.26. The van der Waals surface area contributed by atoms with Gasteiger partial charge in [-0.25, -0.2) is 0 Å². The molecule has 25 heavy (non-hydrogen) atoms.